The molecule has 3 heteroatoms. The molecule has 0 aromatic heterocycles. The summed E-state index contributed by atoms with van der Waals surface area (Å²) in [5.41, 5.74) is 5.66. The Kier molecular flexibility index (Phi) is 4.85. The summed E-state index contributed by atoms with van der Waals surface area (Å²) in [4.78, 5) is 5.04. The van der Waals surface area contributed by atoms with Crippen LogP contribution in [0.15, 0.2) is 0 Å². The summed E-state index contributed by atoms with van der Waals surface area (Å²) in [5, 5.41) is 0. The van der Waals surface area contributed by atoms with Crippen LogP contribution < -0.4 is 5.73 Å². The molecule has 0 aliphatic carbocycles. The monoisotopic (exact) mass is 199 g/mol. The van der Waals surface area contributed by atoms with Crippen LogP contribution in [0.5, 0.6) is 0 Å². The van der Waals surface area contributed by atoms with E-state index in [1.165, 1.54) is 19.5 Å². The Bertz CT molecular complexity index is 161. The van der Waals surface area contributed by atoms with Crippen LogP contribution in [0.3, 0.4) is 0 Å². The molecule has 0 radical (unpaired) electrons. The Morgan fingerprint density at radius 2 is 2.14 bits per heavy atom. The quantitative estimate of drug-likeness (QED) is 0.728. The zero-order chi connectivity index (χ0) is 10.6. The molecule has 14 heavy (non-hydrogen) atoms. The molecule has 1 aliphatic rings. The molecule has 0 bridgehead atoms. The zero-order valence-electron chi connectivity index (χ0n) is 9.87. The highest BCUT2D eigenvalue weighted by atomic mass is 15.2. The molecule has 2 unspecified atom stereocenters. The predicted molar refractivity (Wildman–Crippen MR) is 61.4 cm³/mol. The third-order valence-electron chi connectivity index (χ3n) is 3.51. The molecule has 84 valence electrons. The zero-order valence-corrected chi connectivity index (χ0v) is 9.87. The van der Waals surface area contributed by atoms with Gasteiger partial charge in [-0.15, -0.1) is 0 Å². The minimum Gasteiger partial charge on any atom is -0.330 e. The summed E-state index contributed by atoms with van der Waals surface area (Å²) in [6.45, 7) is 8.94. The molecular formula is C11H25N3. The van der Waals surface area contributed by atoms with Crippen molar-refractivity contribution in [2.45, 2.75) is 38.8 Å². The van der Waals surface area contributed by atoms with Crippen LogP contribution in [-0.2, 0) is 0 Å². The first-order valence-corrected chi connectivity index (χ1v) is 5.83. The molecule has 0 amide bonds. The summed E-state index contributed by atoms with van der Waals surface area (Å²) in [6.07, 6.45) is 2.41. The predicted octanol–water partition coefficient (Wildman–Crippen LogP) is 0.750. The number of nitrogens with zero attached hydrogens (tertiary/aromatic N) is 2. The van der Waals surface area contributed by atoms with Crippen molar-refractivity contribution in [1.29, 1.82) is 0 Å². The van der Waals surface area contributed by atoms with Gasteiger partial charge in [0.1, 0.15) is 0 Å². The highest BCUT2D eigenvalue weighted by Crippen LogP contribution is 2.15. The number of rotatable bonds is 3. The smallest absolute Gasteiger partial charge is 0.0235 e. The fourth-order valence-electron chi connectivity index (χ4n) is 2.27. The molecule has 0 aromatic rings. The molecule has 0 spiro atoms. The van der Waals surface area contributed by atoms with E-state index in [1.807, 2.05) is 0 Å². The van der Waals surface area contributed by atoms with Gasteiger partial charge in [-0.2, -0.15) is 0 Å². The van der Waals surface area contributed by atoms with Crippen LogP contribution >= 0.6 is 0 Å². The van der Waals surface area contributed by atoms with E-state index in [1.54, 1.807) is 0 Å². The maximum Gasteiger partial charge on any atom is 0.0235 e. The van der Waals surface area contributed by atoms with E-state index in [4.69, 9.17) is 5.73 Å². The van der Waals surface area contributed by atoms with E-state index < -0.39 is 0 Å². The lowest BCUT2D eigenvalue weighted by Crippen LogP contribution is -2.41. The van der Waals surface area contributed by atoms with E-state index >= 15 is 0 Å². The molecule has 1 heterocycles. The minimum atomic E-state index is 0.667. The lowest BCUT2D eigenvalue weighted by Gasteiger charge is -2.29. The molecule has 1 rings (SSSR count). The van der Waals surface area contributed by atoms with Crippen molar-refractivity contribution in [1.82, 2.24) is 9.80 Å². The molecule has 1 aliphatic heterocycles. The van der Waals surface area contributed by atoms with Crippen LogP contribution in [0.2, 0.25) is 0 Å². The molecule has 1 fully saturated rings. The Hall–Kier alpha value is -0.120. The first-order valence-electron chi connectivity index (χ1n) is 5.83. The van der Waals surface area contributed by atoms with Gasteiger partial charge in [0.2, 0.25) is 0 Å². The Balaban J connectivity index is 2.58. The van der Waals surface area contributed by atoms with Crippen LogP contribution in [0.25, 0.3) is 0 Å². The number of nitrogens with two attached hydrogens (primary N) is 1. The van der Waals surface area contributed by atoms with E-state index in [0.717, 1.165) is 19.5 Å². The van der Waals surface area contributed by atoms with Crippen molar-refractivity contribution in [2.24, 2.45) is 5.73 Å². The molecule has 0 saturated carbocycles. The Labute approximate surface area is 88.2 Å². The minimum absolute atomic E-state index is 0.667. The second-order valence-corrected chi connectivity index (χ2v) is 4.44. The standard InChI is InChI=1S/C11H25N3/c1-4-14-8-6-10(2)13(3)9-11(14)5-7-12/h10-11H,4-9,12H2,1-3H3. The molecule has 2 N–H and O–H groups in total. The van der Waals surface area contributed by atoms with Gasteiger partial charge in [0.05, 0.1) is 0 Å². The topological polar surface area (TPSA) is 32.5 Å². The third-order valence-corrected chi connectivity index (χ3v) is 3.51. The third kappa shape index (κ3) is 2.94. The average molecular weight is 199 g/mol. The summed E-state index contributed by atoms with van der Waals surface area (Å²) >= 11 is 0. The van der Waals surface area contributed by atoms with Crippen molar-refractivity contribution in [2.75, 3.05) is 33.2 Å². The number of hydrogen-bond acceptors (Lipinski definition) is 3. The van der Waals surface area contributed by atoms with E-state index in [-0.39, 0.29) is 0 Å². The average Bonchev–Trinajstić information content (AvgIpc) is 2.29. The van der Waals surface area contributed by atoms with Gasteiger partial charge in [0, 0.05) is 18.6 Å². The van der Waals surface area contributed by atoms with Gasteiger partial charge in [-0.25, -0.2) is 0 Å². The van der Waals surface area contributed by atoms with Crippen LogP contribution in [0.4, 0.5) is 0 Å². The van der Waals surface area contributed by atoms with Crippen LogP contribution in [-0.4, -0.2) is 55.1 Å². The van der Waals surface area contributed by atoms with Crippen molar-refractivity contribution >= 4 is 0 Å². The lowest BCUT2D eigenvalue weighted by molar-refractivity contribution is 0.182. The molecular weight excluding hydrogens is 174 g/mol. The maximum atomic E-state index is 5.66. The van der Waals surface area contributed by atoms with Crippen molar-refractivity contribution in [3.05, 3.63) is 0 Å². The highest BCUT2D eigenvalue weighted by Gasteiger charge is 2.24. The molecule has 3 nitrogen and oxygen atoms in total. The number of hydrogen-bond donors (Lipinski definition) is 1. The van der Waals surface area contributed by atoms with Gasteiger partial charge in [0.25, 0.3) is 0 Å². The SMILES string of the molecule is CCN1CCC(C)N(C)CC1CCN. The summed E-state index contributed by atoms with van der Waals surface area (Å²) in [7, 11) is 2.23. The summed E-state index contributed by atoms with van der Waals surface area (Å²) < 4.78 is 0. The van der Waals surface area contributed by atoms with Gasteiger partial charge in [-0.3, -0.25) is 4.90 Å². The van der Waals surface area contributed by atoms with Gasteiger partial charge in [-0.1, -0.05) is 6.92 Å². The van der Waals surface area contributed by atoms with Crippen molar-refractivity contribution in [3.8, 4) is 0 Å². The van der Waals surface area contributed by atoms with Crippen molar-refractivity contribution < 1.29 is 0 Å². The fourth-order valence-corrected chi connectivity index (χ4v) is 2.27. The Morgan fingerprint density at radius 1 is 1.43 bits per heavy atom. The van der Waals surface area contributed by atoms with Crippen LogP contribution in [0, 0.1) is 0 Å². The lowest BCUT2D eigenvalue weighted by atomic mass is 10.1. The first-order chi connectivity index (χ1) is 6.69. The van der Waals surface area contributed by atoms with Crippen LogP contribution in [0.1, 0.15) is 26.7 Å². The molecule has 2 atom stereocenters. The summed E-state index contributed by atoms with van der Waals surface area (Å²) in [6, 6.07) is 1.38. The van der Waals surface area contributed by atoms with Gasteiger partial charge in [-0.05, 0) is 46.4 Å². The van der Waals surface area contributed by atoms with E-state index in [0.29, 0.717) is 12.1 Å². The second kappa shape index (κ2) is 5.69. The van der Waals surface area contributed by atoms with Crippen molar-refractivity contribution in [3.63, 3.8) is 0 Å². The largest absolute Gasteiger partial charge is 0.330 e. The van der Waals surface area contributed by atoms with E-state index in [9.17, 15) is 0 Å². The normalized spacial score (nSPS) is 31.7. The van der Waals surface area contributed by atoms with Gasteiger partial charge >= 0.3 is 0 Å². The highest BCUT2D eigenvalue weighted by molar-refractivity contribution is 4.81. The first kappa shape index (κ1) is 12.0. The van der Waals surface area contributed by atoms with Gasteiger partial charge in [0.15, 0.2) is 0 Å². The van der Waals surface area contributed by atoms with Gasteiger partial charge < -0.3 is 10.6 Å². The van der Waals surface area contributed by atoms with E-state index in [2.05, 4.69) is 30.7 Å². The Morgan fingerprint density at radius 3 is 2.71 bits per heavy atom. The molecule has 1 saturated heterocycles. The fraction of sp³-hybridized carbons (Fsp3) is 1.00. The number of likely N-dealkylation sites (N-methyl/N-ethyl adjacent to an activating group) is 2. The second-order valence-electron chi connectivity index (χ2n) is 4.44. The maximum absolute atomic E-state index is 5.66. The summed E-state index contributed by atoms with van der Waals surface area (Å²) in [5.74, 6) is 0. The molecule has 0 aromatic carbocycles.